The number of amides is 2. The van der Waals surface area contributed by atoms with Gasteiger partial charge in [-0.2, -0.15) is 5.10 Å². The lowest BCUT2D eigenvalue weighted by Crippen LogP contribution is -2.50. The zero-order valence-corrected chi connectivity index (χ0v) is 20.5. The third kappa shape index (κ3) is 4.60. The SMILES string of the molecule is Cc1ccc(COc2ccc([C@H]3c4c(C)nn(C)c4NC(=O)[C@@H]3NC(=O)c3ccccc3)cc2)cc1. The van der Waals surface area contributed by atoms with Crippen LogP contribution in [0.5, 0.6) is 5.75 Å². The van der Waals surface area contributed by atoms with Gasteiger partial charge < -0.3 is 15.4 Å². The first-order valence-electron chi connectivity index (χ1n) is 11.9. The van der Waals surface area contributed by atoms with E-state index in [1.807, 2.05) is 37.3 Å². The van der Waals surface area contributed by atoms with Gasteiger partial charge in [0, 0.05) is 24.1 Å². The maximum atomic E-state index is 13.2. The predicted octanol–water partition coefficient (Wildman–Crippen LogP) is 4.50. The quantitative estimate of drug-likeness (QED) is 0.426. The summed E-state index contributed by atoms with van der Waals surface area (Å²) in [6, 6.07) is 24.0. The Hall–Kier alpha value is -4.39. The van der Waals surface area contributed by atoms with Crippen LogP contribution in [0.25, 0.3) is 0 Å². The molecule has 0 spiro atoms. The summed E-state index contributed by atoms with van der Waals surface area (Å²) in [7, 11) is 1.80. The number of fused-ring (bicyclic) bond motifs is 1. The Bertz CT molecular complexity index is 1390. The van der Waals surface area contributed by atoms with Crippen molar-refractivity contribution < 1.29 is 14.3 Å². The van der Waals surface area contributed by atoms with Gasteiger partial charge in [-0.15, -0.1) is 0 Å². The van der Waals surface area contributed by atoms with Crippen LogP contribution in [0.3, 0.4) is 0 Å². The molecule has 1 aliphatic rings. The highest BCUT2D eigenvalue weighted by molar-refractivity contribution is 6.03. The van der Waals surface area contributed by atoms with E-state index >= 15 is 0 Å². The minimum atomic E-state index is -0.799. The molecule has 7 heteroatoms. The molecular weight excluding hydrogens is 452 g/mol. The maximum Gasteiger partial charge on any atom is 0.251 e. The Morgan fingerprint density at radius 3 is 2.39 bits per heavy atom. The predicted molar refractivity (Wildman–Crippen MR) is 138 cm³/mol. The van der Waals surface area contributed by atoms with Crippen molar-refractivity contribution in [1.29, 1.82) is 0 Å². The van der Waals surface area contributed by atoms with Crippen LogP contribution in [0.15, 0.2) is 78.9 Å². The van der Waals surface area contributed by atoms with Gasteiger partial charge in [-0.3, -0.25) is 14.3 Å². The van der Waals surface area contributed by atoms with Crippen LogP contribution in [-0.4, -0.2) is 27.6 Å². The second-order valence-electron chi connectivity index (χ2n) is 9.10. The van der Waals surface area contributed by atoms with E-state index in [-0.39, 0.29) is 11.8 Å². The first-order chi connectivity index (χ1) is 17.4. The molecule has 1 aliphatic heterocycles. The van der Waals surface area contributed by atoms with Crippen LogP contribution in [0, 0.1) is 13.8 Å². The van der Waals surface area contributed by atoms with Gasteiger partial charge in [0.25, 0.3) is 5.91 Å². The molecule has 2 N–H and O–H groups in total. The van der Waals surface area contributed by atoms with E-state index in [9.17, 15) is 9.59 Å². The fourth-order valence-corrected chi connectivity index (χ4v) is 4.65. The number of nitrogens with zero attached hydrogens (tertiary/aromatic N) is 2. The van der Waals surface area contributed by atoms with Gasteiger partial charge in [-0.25, -0.2) is 0 Å². The Labute approximate surface area is 210 Å². The topological polar surface area (TPSA) is 85.2 Å². The minimum absolute atomic E-state index is 0.278. The Morgan fingerprint density at radius 1 is 1.00 bits per heavy atom. The average molecular weight is 481 g/mol. The molecule has 36 heavy (non-hydrogen) atoms. The number of anilines is 1. The molecule has 1 aromatic heterocycles. The molecule has 182 valence electrons. The van der Waals surface area contributed by atoms with E-state index in [1.54, 1.807) is 36.0 Å². The molecule has 0 saturated carbocycles. The van der Waals surface area contributed by atoms with Gasteiger partial charge >= 0.3 is 0 Å². The molecule has 0 aliphatic carbocycles. The van der Waals surface area contributed by atoms with Crippen molar-refractivity contribution in [2.24, 2.45) is 7.05 Å². The van der Waals surface area contributed by atoms with Gasteiger partial charge in [0.05, 0.1) is 5.69 Å². The van der Waals surface area contributed by atoms with Crippen molar-refractivity contribution in [3.05, 3.63) is 112 Å². The van der Waals surface area contributed by atoms with Gasteiger partial charge in [-0.05, 0) is 49.2 Å². The summed E-state index contributed by atoms with van der Waals surface area (Å²) in [6.45, 7) is 4.44. The summed E-state index contributed by atoms with van der Waals surface area (Å²) in [5.41, 5.74) is 5.38. The summed E-state index contributed by atoms with van der Waals surface area (Å²) in [6.07, 6.45) is 0. The van der Waals surface area contributed by atoms with Crippen molar-refractivity contribution in [2.45, 2.75) is 32.4 Å². The summed E-state index contributed by atoms with van der Waals surface area (Å²) < 4.78 is 7.65. The van der Waals surface area contributed by atoms with Gasteiger partial charge in [-0.1, -0.05) is 60.2 Å². The van der Waals surface area contributed by atoms with Crippen molar-refractivity contribution in [2.75, 3.05) is 5.32 Å². The largest absolute Gasteiger partial charge is 0.489 e. The lowest BCUT2D eigenvalue weighted by molar-refractivity contribution is -0.118. The number of hydrogen-bond donors (Lipinski definition) is 2. The molecule has 2 atom stereocenters. The van der Waals surface area contributed by atoms with E-state index in [0.717, 1.165) is 28.1 Å². The van der Waals surface area contributed by atoms with Crippen molar-refractivity contribution in [1.82, 2.24) is 15.1 Å². The first-order valence-corrected chi connectivity index (χ1v) is 11.9. The Balaban J connectivity index is 1.44. The molecule has 0 saturated heterocycles. The standard InChI is InChI=1S/C29H28N4O3/c1-18-9-11-20(12-10-18)17-36-23-15-13-21(14-16-23)25-24-19(2)32-33(3)27(24)31-29(35)26(25)30-28(34)22-7-5-4-6-8-22/h4-16,25-26H,17H2,1-3H3,(H,30,34)(H,31,35)/t25-,26+/m0/s1. The molecule has 5 rings (SSSR count). The third-order valence-electron chi connectivity index (χ3n) is 6.52. The number of ether oxygens (including phenoxy) is 1. The van der Waals surface area contributed by atoms with E-state index in [4.69, 9.17) is 4.74 Å². The highest BCUT2D eigenvalue weighted by Crippen LogP contribution is 2.39. The molecule has 0 radical (unpaired) electrons. The number of nitrogens with one attached hydrogen (secondary N) is 2. The molecule has 4 aromatic rings. The highest BCUT2D eigenvalue weighted by atomic mass is 16.5. The highest BCUT2D eigenvalue weighted by Gasteiger charge is 2.41. The lowest BCUT2D eigenvalue weighted by Gasteiger charge is -2.32. The number of hydrogen-bond acceptors (Lipinski definition) is 4. The summed E-state index contributed by atoms with van der Waals surface area (Å²) in [4.78, 5) is 26.2. The maximum absolute atomic E-state index is 13.2. The lowest BCUT2D eigenvalue weighted by atomic mass is 9.82. The molecule has 0 unspecified atom stereocenters. The number of aromatic nitrogens is 2. The zero-order chi connectivity index (χ0) is 25.2. The first kappa shape index (κ1) is 23.4. The summed E-state index contributed by atoms with van der Waals surface area (Å²) >= 11 is 0. The molecular formula is C29H28N4O3. The Kier molecular flexibility index (Phi) is 6.29. The molecule has 0 fully saturated rings. The van der Waals surface area contributed by atoms with Crippen LogP contribution >= 0.6 is 0 Å². The van der Waals surface area contributed by atoms with Crippen LogP contribution in [0.1, 0.15) is 44.2 Å². The van der Waals surface area contributed by atoms with Crippen molar-refractivity contribution in [3.8, 4) is 5.75 Å². The van der Waals surface area contributed by atoms with E-state index < -0.39 is 12.0 Å². The fraction of sp³-hybridized carbons (Fsp3) is 0.207. The van der Waals surface area contributed by atoms with Gasteiger partial charge in [0.15, 0.2) is 0 Å². The van der Waals surface area contributed by atoms with Crippen LogP contribution in [0.2, 0.25) is 0 Å². The molecule has 2 heterocycles. The van der Waals surface area contributed by atoms with E-state index in [1.165, 1.54) is 5.56 Å². The smallest absolute Gasteiger partial charge is 0.251 e. The number of rotatable bonds is 6. The fourth-order valence-electron chi connectivity index (χ4n) is 4.65. The molecule has 3 aromatic carbocycles. The van der Waals surface area contributed by atoms with Crippen LogP contribution in [0.4, 0.5) is 5.82 Å². The molecule has 0 bridgehead atoms. The van der Waals surface area contributed by atoms with E-state index in [2.05, 4.69) is 46.9 Å². The average Bonchev–Trinajstić information content (AvgIpc) is 3.17. The van der Waals surface area contributed by atoms with Gasteiger partial charge in [0.2, 0.25) is 5.91 Å². The Morgan fingerprint density at radius 2 is 1.69 bits per heavy atom. The monoisotopic (exact) mass is 480 g/mol. The van der Waals surface area contributed by atoms with Crippen LogP contribution < -0.4 is 15.4 Å². The number of carbonyl (C=O) groups is 2. The van der Waals surface area contributed by atoms with Gasteiger partial charge in [0.1, 0.15) is 24.2 Å². The van der Waals surface area contributed by atoms with E-state index in [0.29, 0.717) is 18.0 Å². The molecule has 7 nitrogen and oxygen atoms in total. The third-order valence-corrected chi connectivity index (χ3v) is 6.52. The second kappa shape index (κ2) is 9.70. The number of carbonyl (C=O) groups excluding carboxylic acids is 2. The second-order valence-corrected chi connectivity index (χ2v) is 9.10. The zero-order valence-electron chi connectivity index (χ0n) is 20.5. The summed E-state index contributed by atoms with van der Waals surface area (Å²) in [5, 5.41) is 10.4. The van der Waals surface area contributed by atoms with Crippen LogP contribution in [-0.2, 0) is 18.4 Å². The van der Waals surface area contributed by atoms with Crippen molar-refractivity contribution in [3.63, 3.8) is 0 Å². The number of aryl methyl sites for hydroxylation is 3. The normalized spacial score (nSPS) is 16.7. The number of benzene rings is 3. The van der Waals surface area contributed by atoms with Crippen molar-refractivity contribution >= 4 is 17.6 Å². The molecule has 2 amide bonds. The minimum Gasteiger partial charge on any atom is -0.489 e. The summed E-state index contributed by atoms with van der Waals surface area (Å²) in [5.74, 6) is 0.393.